The van der Waals surface area contributed by atoms with Crippen molar-refractivity contribution < 1.29 is 22.8 Å². The molecule has 8 heteroatoms. The molecule has 0 aromatic carbocycles. The van der Waals surface area contributed by atoms with Gasteiger partial charge in [0.1, 0.15) is 6.54 Å². The highest BCUT2D eigenvalue weighted by Crippen LogP contribution is 2.18. The van der Waals surface area contributed by atoms with Crippen LogP contribution in [0, 0.1) is 0 Å². The summed E-state index contributed by atoms with van der Waals surface area (Å²) in [6.45, 7) is -1.74. The highest BCUT2D eigenvalue weighted by Gasteiger charge is 2.27. The largest absolute Gasteiger partial charge is 0.405 e. The van der Waals surface area contributed by atoms with Crippen molar-refractivity contribution in [2.45, 2.75) is 25.1 Å². The van der Waals surface area contributed by atoms with Gasteiger partial charge in [0.05, 0.1) is 13.1 Å². The smallest absolute Gasteiger partial charge is 0.352 e. The van der Waals surface area contributed by atoms with E-state index >= 15 is 0 Å². The van der Waals surface area contributed by atoms with Crippen LogP contribution in [0.15, 0.2) is 0 Å². The molecule has 0 aromatic heterocycles. The number of halogens is 3. The Kier molecular flexibility index (Phi) is 4.73. The summed E-state index contributed by atoms with van der Waals surface area (Å²) in [7, 11) is 0. The van der Waals surface area contributed by atoms with E-state index in [-0.39, 0.29) is 25.0 Å². The van der Waals surface area contributed by atoms with Gasteiger partial charge in [-0.2, -0.15) is 13.2 Å². The van der Waals surface area contributed by atoms with Crippen LogP contribution in [0.3, 0.4) is 0 Å². The van der Waals surface area contributed by atoms with Crippen LogP contribution in [0.4, 0.5) is 13.2 Å². The van der Waals surface area contributed by atoms with Gasteiger partial charge >= 0.3 is 6.18 Å². The molecule has 1 rings (SSSR count). The van der Waals surface area contributed by atoms with E-state index in [1.54, 1.807) is 5.32 Å². The zero-order chi connectivity index (χ0) is 12.9. The molecule has 0 heterocycles. The molecule has 0 radical (unpaired) electrons. The Morgan fingerprint density at radius 1 is 1.12 bits per heavy atom. The fourth-order valence-corrected chi connectivity index (χ4v) is 1.06. The maximum atomic E-state index is 11.7. The zero-order valence-electron chi connectivity index (χ0n) is 9.06. The van der Waals surface area contributed by atoms with E-state index in [0.29, 0.717) is 0 Å². The summed E-state index contributed by atoms with van der Waals surface area (Å²) in [5.41, 5.74) is 0. The first kappa shape index (κ1) is 13.8. The number of amides is 2. The van der Waals surface area contributed by atoms with E-state index in [9.17, 15) is 22.8 Å². The predicted octanol–water partition coefficient (Wildman–Crippen LogP) is -0.467. The van der Waals surface area contributed by atoms with Gasteiger partial charge in [-0.25, -0.2) is 0 Å². The lowest BCUT2D eigenvalue weighted by molar-refractivity contribution is -0.138. The number of hydrogen-bond donors (Lipinski definition) is 3. The molecule has 0 aromatic rings. The molecule has 5 nitrogen and oxygen atoms in total. The number of rotatable bonds is 6. The standard InChI is InChI=1S/C9H14F3N3O2/c10-9(11,12)5-14-7(16)3-13-4-8(17)15-6-1-2-6/h6,13H,1-5H2,(H,14,16)(H,15,17). The maximum Gasteiger partial charge on any atom is 0.405 e. The van der Waals surface area contributed by atoms with Gasteiger partial charge in [0, 0.05) is 6.04 Å². The average molecular weight is 253 g/mol. The summed E-state index contributed by atoms with van der Waals surface area (Å²) < 4.78 is 35.2. The van der Waals surface area contributed by atoms with Crippen molar-refractivity contribution in [1.29, 1.82) is 0 Å². The molecule has 1 saturated carbocycles. The molecule has 1 fully saturated rings. The minimum Gasteiger partial charge on any atom is -0.352 e. The molecule has 0 bridgehead atoms. The fourth-order valence-electron chi connectivity index (χ4n) is 1.06. The first-order chi connectivity index (χ1) is 7.87. The third-order valence-corrected chi connectivity index (χ3v) is 2.00. The summed E-state index contributed by atoms with van der Waals surface area (Å²) in [5.74, 6) is -1.04. The Balaban J connectivity index is 2.01. The molecule has 0 unspecified atom stereocenters. The van der Waals surface area contributed by atoms with Gasteiger partial charge in [0.15, 0.2) is 0 Å². The van der Waals surface area contributed by atoms with E-state index in [1.165, 1.54) is 0 Å². The summed E-state index contributed by atoms with van der Waals surface area (Å²) in [5, 5.41) is 6.82. The topological polar surface area (TPSA) is 70.2 Å². The predicted molar refractivity (Wildman–Crippen MR) is 53.1 cm³/mol. The Bertz CT molecular complexity index is 290. The summed E-state index contributed by atoms with van der Waals surface area (Å²) in [6, 6.07) is 0.225. The molecule has 0 saturated heterocycles. The van der Waals surface area contributed by atoms with Gasteiger partial charge in [-0.1, -0.05) is 0 Å². The van der Waals surface area contributed by atoms with E-state index in [4.69, 9.17) is 0 Å². The number of carbonyl (C=O) groups is 2. The number of nitrogens with one attached hydrogen (secondary N) is 3. The van der Waals surface area contributed by atoms with Crippen LogP contribution in [0.25, 0.3) is 0 Å². The van der Waals surface area contributed by atoms with Crippen molar-refractivity contribution >= 4 is 11.8 Å². The molecule has 2 amide bonds. The van der Waals surface area contributed by atoms with Crippen LogP contribution < -0.4 is 16.0 Å². The average Bonchev–Trinajstić information content (AvgIpc) is 2.97. The van der Waals surface area contributed by atoms with E-state index in [2.05, 4.69) is 10.6 Å². The van der Waals surface area contributed by atoms with E-state index in [0.717, 1.165) is 12.8 Å². The Hall–Kier alpha value is -1.31. The fraction of sp³-hybridized carbons (Fsp3) is 0.778. The molecule has 1 aliphatic carbocycles. The monoisotopic (exact) mass is 253 g/mol. The van der Waals surface area contributed by atoms with Crippen molar-refractivity contribution in [1.82, 2.24) is 16.0 Å². The SMILES string of the molecule is O=C(CNCC(=O)NC1CC1)NCC(F)(F)F. The third-order valence-electron chi connectivity index (χ3n) is 2.00. The second-order valence-corrected chi connectivity index (χ2v) is 3.84. The lowest BCUT2D eigenvalue weighted by atomic mass is 10.5. The second-order valence-electron chi connectivity index (χ2n) is 3.84. The number of carbonyl (C=O) groups excluding carboxylic acids is 2. The summed E-state index contributed by atoms with van der Waals surface area (Å²) in [4.78, 5) is 22.0. The normalized spacial score (nSPS) is 15.5. The maximum absolute atomic E-state index is 11.7. The molecular weight excluding hydrogens is 239 g/mol. The summed E-state index contributed by atoms with van der Waals surface area (Å²) in [6.07, 6.45) is -2.51. The molecule has 0 atom stereocenters. The highest BCUT2D eigenvalue weighted by molar-refractivity contribution is 5.81. The molecule has 17 heavy (non-hydrogen) atoms. The van der Waals surface area contributed by atoms with Crippen LogP contribution in [0.5, 0.6) is 0 Å². The first-order valence-corrected chi connectivity index (χ1v) is 5.20. The lowest BCUT2D eigenvalue weighted by Crippen LogP contribution is -2.42. The van der Waals surface area contributed by atoms with Gasteiger partial charge < -0.3 is 10.6 Å². The first-order valence-electron chi connectivity index (χ1n) is 5.20. The van der Waals surface area contributed by atoms with Gasteiger partial charge in [-0.15, -0.1) is 0 Å². The molecule has 0 spiro atoms. The summed E-state index contributed by atoms with van der Waals surface area (Å²) >= 11 is 0. The van der Waals surface area contributed by atoms with E-state index < -0.39 is 18.6 Å². The van der Waals surface area contributed by atoms with Crippen molar-refractivity contribution in [3.05, 3.63) is 0 Å². The van der Waals surface area contributed by atoms with Gasteiger partial charge in [-0.05, 0) is 12.8 Å². The van der Waals surface area contributed by atoms with Crippen LogP contribution in [0.1, 0.15) is 12.8 Å². The molecular formula is C9H14F3N3O2. The van der Waals surface area contributed by atoms with Crippen LogP contribution in [0.2, 0.25) is 0 Å². The van der Waals surface area contributed by atoms with Crippen LogP contribution in [-0.4, -0.2) is 43.7 Å². The van der Waals surface area contributed by atoms with Gasteiger partial charge in [0.25, 0.3) is 0 Å². The van der Waals surface area contributed by atoms with Crippen molar-refractivity contribution in [3.8, 4) is 0 Å². The van der Waals surface area contributed by atoms with Crippen LogP contribution >= 0.6 is 0 Å². The zero-order valence-corrected chi connectivity index (χ0v) is 9.06. The molecule has 98 valence electrons. The quantitative estimate of drug-likeness (QED) is 0.599. The van der Waals surface area contributed by atoms with Crippen LogP contribution in [-0.2, 0) is 9.59 Å². The molecule has 1 aliphatic rings. The van der Waals surface area contributed by atoms with Gasteiger partial charge in [-0.3, -0.25) is 14.9 Å². The van der Waals surface area contributed by atoms with Crippen molar-refractivity contribution in [2.24, 2.45) is 0 Å². The van der Waals surface area contributed by atoms with E-state index in [1.807, 2.05) is 0 Å². The highest BCUT2D eigenvalue weighted by atomic mass is 19.4. The van der Waals surface area contributed by atoms with Gasteiger partial charge in [0.2, 0.25) is 11.8 Å². The van der Waals surface area contributed by atoms with Crippen molar-refractivity contribution in [2.75, 3.05) is 19.6 Å². The Morgan fingerprint density at radius 2 is 1.71 bits per heavy atom. The minimum atomic E-state index is -4.42. The Labute approximate surface area is 96.1 Å². The number of hydrogen-bond acceptors (Lipinski definition) is 3. The minimum absolute atomic E-state index is 0.0735. The third kappa shape index (κ3) is 7.56. The molecule has 3 N–H and O–H groups in total. The number of alkyl halides is 3. The second kappa shape index (κ2) is 5.85. The lowest BCUT2D eigenvalue weighted by Gasteiger charge is -2.09. The molecule has 0 aliphatic heterocycles. The van der Waals surface area contributed by atoms with Crippen molar-refractivity contribution in [3.63, 3.8) is 0 Å². The Morgan fingerprint density at radius 3 is 2.24 bits per heavy atom.